The van der Waals surface area contributed by atoms with E-state index in [-0.39, 0.29) is 18.1 Å². The smallest absolute Gasteiger partial charge is 0.271 e. The lowest BCUT2D eigenvalue weighted by atomic mass is 10.2. The van der Waals surface area contributed by atoms with Crippen molar-refractivity contribution in [1.82, 2.24) is 0 Å². The highest BCUT2D eigenvalue weighted by Gasteiger charge is 2.09. The number of hydrogen-bond acceptors (Lipinski definition) is 5. The molecule has 0 aliphatic heterocycles. The molecule has 2 rings (SSSR count). The number of nitro benzene ring substituents is 1. The molecule has 2 aromatic rings. The standard InChI is InChI=1S/C15H14ClN3O4/c1-23-14-6-5-10(16)7-13(14)17-9-15(20)18-11-3-2-4-12(8-11)19(21)22/h2-8,17H,9H2,1H3,(H,18,20). The minimum atomic E-state index is -0.523. The minimum Gasteiger partial charge on any atom is -0.495 e. The second kappa shape index (κ2) is 7.46. The lowest BCUT2D eigenvalue weighted by molar-refractivity contribution is -0.384. The van der Waals surface area contributed by atoms with Gasteiger partial charge in [-0.1, -0.05) is 17.7 Å². The fourth-order valence-electron chi connectivity index (χ4n) is 1.90. The number of nitro groups is 1. The highest BCUT2D eigenvalue weighted by molar-refractivity contribution is 6.30. The fourth-order valence-corrected chi connectivity index (χ4v) is 2.07. The molecule has 0 unspecified atom stereocenters. The van der Waals surface area contributed by atoms with E-state index in [0.29, 0.717) is 22.1 Å². The Kier molecular flexibility index (Phi) is 5.37. The van der Waals surface area contributed by atoms with Gasteiger partial charge in [0.25, 0.3) is 5.69 Å². The lowest BCUT2D eigenvalue weighted by Gasteiger charge is -2.11. The maximum Gasteiger partial charge on any atom is 0.271 e. The molecule has 7 nitrogen and oxygen atoms in total. The highest BCUT2D eigenvalue weighted by atomic mass is 35.5. The Morgan fingerprint density at radius 3 is 2.78 bits per heavy atom. The number of hydrogen-bond donors (Lipinski definition) is 2. The normalized spacial score (nSPS) is 10.0. The average molecular weight is 336 g/mol. The highest BCUT2D eigenvalue weighted by Crippen LogP contribution is 2.27. The summed E-state index contributed by atoms with van der Waals surface area (Å²) in [4.78, 5) is 22.1. The molecule has 0 aliphatic carbocycles. The molecule has 0 saturated carbocycles. The summed E-state index contributed by atoms with van der Waals surface area (Å²) in [7, 11) is 1.51. The molecular weight excluding hydrogens is 322 g/mol. The number of carbonyl (C=O) groups is 1. The summed E-state index contributed by atoms with van der Waals surface area (Å²) < 4.78 is 5.17. The van der Waals surface area contributed by atoms with Crippen LogP contribution in [0.3, 0.4) is 0 Å². The number of carbonyl (C=O) groups excluding carboxylic acids is 1. The van der Waals surface area contributed by atoms with Gasteiger partial charge in [-0.15, -0.1) is 0 Å². The Labute approximate surface area is 137 Å². The minimum absolute atomic E-state index is 0.0423. The molecule has 8 heteroatoms. The molecule has 1 amide bonds. The molecule has 0 heterocycles. The zero-order chi connectivity index (χ0) is 16.8. The molecule has 2 aromatic carbocycles. The molecule has 0 fully saturated rings. The predicted octanol–water partition coefficient (Wildman–Crippen LogP) is 3.31. The van der Waals surface area contributed by atoms with Crippen molar-refractivity contribution in [2.24, 2.45) is 0 Å². The number of methoxy groups -OCH3 is 1. The van der Waals surface area contributed by atoms with E-state index in [2.05, 4.69) is 10.6 Å². The van der Waals surface area contributed by atoms with Crippen LogP contribution in [0.1, 0.15) is 0 Å². The number of ether oxygens (including phenoxy) is 1. The average Bonchev–Trinajstić information content (AvgIpc) is 2.53. The van der Waals surface area contributed by atoms with Crippen molar-refractivity contribution >= 4 is 34.6 Å². The van der Waals surface area contributed by atoms with Crippen molar-refractivity contribution in [2.45, 2.75) is 0 Å². The van der Waals surface area contributed by atoms with Gasteiger partial charge in [0.1, 0.15) is 5.75 Å². The van der Waals surface area contributed by atoms with Gasteiger partial charge >= 0.3 is 0 Å². The van der Waals surface area contributed by atoms with Crippen LogP contribution in [0, 0.1) is 10.1 Å². The Morgan fingerprint density at radius 1 is 1.30 bits per heavy atom. The van der Waals surface area contributed by atoms with Gasteiger partial charge in [-0.05, 0) is 24.3 Å². The molecule has 0 aromatic heterocycles. The number of amides is 1. The van der Waals surface area contributed by atoms with Crippen LogP contribution < -0.4 is 15.4 Å². The van der Waals surface area contributed by atoms with Gasteiger partial charge in [-0.2, -0.15) is 0 Å². The van der Waals surface area contributed by atoms with Gasteiger partial charge in [0.15, 0.2) is 0 Å². The van der Waals surface area contributed by atoms with Gasteiger partial charge in [-0.3, -0.25) is 14.9 Å². The second-order valence-electron chi connectivity index (χ2n) is 4.55. The maximum absolute atomic E-state index is 11.9. The summed E-state index contributed by atoms with van der Waals surface area (Å²) in [6.45, 7) is -0.0423. The zero-order valence-corrected chi connectivity index (χ0v) is 13.0. The molecule has 0 radical (unpaired) electrons. The van der Waals surface area contributed by atoms with E-state index < -0.39 is 4.92 Å². The Bertz CT molecular complexity index is 736. The van der Waals surface area contributed by atoms with Gasteiger partial charge in [0.2, 0.25) is 5.91 Å². The van der Waals surface area contributed by atoms with Crippen LogP contribution in [0.25, 0.3) is 0 Å². The number of rotatable bonds is 6. The molecule has 0 bridgehead atoms. The summed E-state index contributed by atoms with van der Waals surface area (Å²) in [5.41, 5.74) is 0.838. The van der Waals surface area contributed by atoms with Crippen LogP contribution in [0.4, 0.5) is 17.1 Å². The molecular formula is C15H14ClN3O4. The summed E-state index contributed by atoms with van der Waals surface area (Å²) in [5.74, 6) is 0.199. The Morgan fingerprint density at radius 2 is 2.09 bits per heavy atom. The van der Waals surface area contributed by atoms with Gasteiger partial charge < -0.3 is 15.4 Å². The van der Waals surface area contributed by atoms with E-state index in [9.17, 15) is 14.9 Å². The molecule has 2 N–H and O–H groups in total. The van der Waals surface area contributed by atoms with E-state index >= 15 is 0 Å². The van der Waals surface area contributed by atoms with Crippen molar-refractivity contribution in [2.75, 3.05) is 24.3 Å². The van der Waals surface area contributed by atoms with Crippen LogP contribution in [0.5, 0.6) is 5.75 Å². The Balaban J connectivity index is 1.99. The number of nitrogens with zero attached hydrogens (tertiary/aromatic N) is 1. The van der Waals surface area contributed by atoms with Crippen molar-refractivity contribution in [3.05, 3.63) is 57.6 Å². The molecule has 23 heavy (non-hydrogen) atoms. The molecule has 0 atom stereocenters. The SMILES string of the molecule is COc1ccc(Cl)cc1NCC(=O)Nc1cccc([N+](=O)[O-])c1. The first-order valence-corrected chi connectivity index (χ1v) is 6.99. The molecule has 120 valence electrons. The van der Waals surface area contributed by atoms with E-state index in [4.69, 9.17) is 16.3 Å². The van der Waals surface area contributed by atoms with Crippen molar-refractivity contribution < 1.29 is 14.5 Å². The van der Waals surface area contributed by atoms with Crippen molar-refractivity contribution in [3.63, 3.8) is 0 Å². The number of anilines is 2. The number of non-ortho nitro benzene ring substituents is 1. The third kappa shape index (κ3) is 4.58. The van der Waals surface area contributed by atoms with Crippen LogP contribution in [-0.2, 0) is 4.79 Å². The molecule has 0 spiro atoms. The molecule has 0 aliphatic rings. The second-order valence-corrected chi connectivity index (χ2v) is 4.99. The summed E-state index contributed by atoms with van der Waals surface area (Å²) in [5, 5.41) is 16.7. The number of nitrogens with one attached hydrogen (secondary N) is 2. The predicted molar refractivity (Wildman–Crippen MR) is 88.2 cm³/mol. The van der Waals surface area contributed by atoms with Crippen molar-refractivity contribution in [3.8, 4) is 5.75 Å². The first-order valence-electron chi connectivity index (χ1n) is 6.61. The van der Waals surface area contributed by atoms with E-state index in [1.54, 1.807) is 24.3 Å². The van der Waals surface area contributed by atoms with E-state index in [1.165, 1.54) is 25.3 Å². The number of halogens is 1. The largest absolute Gasteiger partial charge is 0.495 e. The van der Waals surface area contributed by atoms with Gasteiger partial charge in [0.05, 0.1) is 24.3 Å². The fraction of sp³-hybridized carbons (Fsp3) is 0.133. The maximum atomic E-state index is 11.9. The monoisotopic (exact) mass is 335 g/mol. The number of benzene rings is 2. The third-order valence-electron chi connectivity index (χ3n) is 2.94. The van der Waals surface area contributed by atoms with Gasteiger partial charge in [-0.25, -0.2) is 0 Å². The van der Waals surface area contributed by atoms with Crippen LogP contribution in [0.15, 0.2) is 42.5 Å². The Hall–Kier alpha value is -2.80. The van der Waals surface area contributed by atoms with Crippen LogP contribution in [-0.4, -0.2) is 24.5 Å². The first-order chi connectivity index (χ1) is 11.0. The first kappa shape index (κ1) is 16.6. The van der Waals surface area contributed by atoms with Gasteiger partial charge in [0, 0.05) is 22.8 Å². The van der Waals surface area contributed by atoms with Crippen LogP contribution in [0.2, 0.25) is 5.02 Å². The lowest BCUT2D eigenvalue weighted by Crippen LogP contribution is -2.22. The zero-order valence-electron chi connectivity index (χ0n) is 12.2. The van der Waals surface area contributed by atoms with Crippen LogP contribution >= 0.6 is 11.6 Å². The van der Waals surface area contributed by atoms with E-state index in [1.807, 2.05) is 0 Å². The summed E-state index contributed by atoms with van der Waals surface area (Å²) in [6, 6.07) is 10.7. The summed E-state index contributed by atoms with van der Waals surface area (Å²) >= 11 is 5.91. The van der Waals surface area contributed by atoms with Crippen molar-refractivity contribution in [1.29, 1.82) is 0 Å². The topological polar surface area (TPSA) is 93.5 Å². The quantitative estimate of drug-likeness (QED) is 0.624. The summed E-state index contributed by atoms with van der Waals surface area (Å²) in [6.07, 6.45) is 0. The van der Waals surface area contributed by atoms with E-state index in [0.717, 1.165) is 0 Å². The third-order valence-corrected chi connectivity index (χ3v) is 3.18. The molecule has 0 saturated heterocycles.